The van der Waals surface area contributed by atoms with Gasteiger partial charge in [0.1, 0.15) is 6.23 Å². The van der Waals surface area contributed by atoms with Crippen LogP contribution in [-0.4, -0.2) is 58.7 Å². The number of aromatic nitrogens is 1. The van der Waals surface area contributed by atoms with Gasteiger partial charge in [0.15, 0.2) is 5.75 Å². The van der Waals surface area contributed by atoms with Crippen molar-refractivity contribution in [1.29, 1.82) is 0 Å². The summed E-state index contributed by atoms with van der Waals surface area (Å²) in [5.74, 6) is 0.0457. The summed E-state index contributed by atoms with van der Waals surface area (Å²) in [6.45, 7) is 4.28. The van der Waals surface area contributed by atoms with E-state index in [4.69, 9.17) is 15.8 Å². The largest absolute Gasteiger partial charge is 0.390 e. The maximum atomic E-state index is 11.8. The monoisotopic (exact) mass is 482 g/mol. The van der Waals surface area contributed by atoms with Gasteiger partial charge in [-0.25, -0.2) is 0 Å². The Bertz CT molecular complexity index is 1130. The Hall–Kier alpha value is -1.32. The number of rotatable bonds is 6. The molecule has 32 heavy (non-hydrogen) atoms. The molecule has 0 radical (unpaired) electrons. The van der Waals surface area contributed by atoms with Crippen LogP contribution in [0.2, 0.25) is 5.02 Å². The Kier molecular flexibility index (Phi) is 5.15. The van der Waals surface area contributed by atoms with Gasteiger partial charge in [0.2, 0.25) is 0 Å². The highest BCUT2D eigenvalue weighted by Crippen LogP contribution is 2.58. The average molecular weight is 483 g/mol. The SMILES string of the molecule is CC(CC(O)N1C2CC3(C)CC1CC(O)(C2)C3)c1c[nH]c2ccc(Cl)c(OS(C)(=O)=O)c12. The molecule has 176 valence electrons. The van der Waals surface area contributed by atoms with Crippen molar-refractivity contribution in [1.82, 2.24) is 9.88 Å². The normalized spacial score (nSPS) is 34.2. The van der Waals surface area contributed by atoms with E-state index in [1.54, 1.807) is 12.1 Å². The molecular weight excluding hydrogens is 452 g/mol. The Labute approximate surface area is 193 Å². The van der Waals surface area contributed by atoms with E-state index in [1.807, 2.05) is 13.1 Å². The van der Waals surface area contributed by atoms with Gasteiger partial charge in [0.25, 0.3) is 0 Å². The van der Waals surface area contributed by atoms with Crippen LogP contribution in [0.25, 0.3) is 10.9 Å². The van der Waals surface area contributed by atoms with Crippen molar-refractivity contribution in [2.75, 3.05) is 6.26 Å². The van der Waals surface area contributed by atoms with Gasteiger partial charge in [-0.05, 0) is 67.6 Å². The fourth-order valence-corrected chi connectivity index (χ4v) is 7.71. The minimum atomic E-state index is -3.75. The molecule has 3 N–H and O–H groups in total. The van der Waals surface area contributed by atoms with Gasteiger partial charge in [0.05, 0.1) is 16.9 Å². The molecule has 4 fully saturated rings. The number of aliphatic hydroxyl groups is 2. The van der Waals surface area contributed by atoms with Crippen LogP contribution < -0.4 is 4.18 Å². The Balaban J connectivity index is 1.41. The van der Waals surface area contributed by atoms with Crippen LogP contribution in [0.15, 0.2) is 18.3 Å². The summed E-state index contributed by atoms with van der Waals surface area (Å²) in [7, 11) is -3.75. The molecule has 2 aliphatic heterocycles. The first-order chi connectivity index (χ1) is 14.9. The number of hydrogen-bond acceptors (Lipinski definition) is 6. The number of hydrogen-bond donors (Lipinski definition) is 3. The van der Waals surface area contributed by atoms with Crippen molar-refractivity contribution in [3.63, 3.8) is 0 Å². The van der Waals surface area contributed by atoms with E-state index in [-0.39, 0.29) is 34.2 Å². The predicted molar refractivity (Wildman–Crippen MR) is 123 cm³/mol. The average Bonchev–Trinajstić information content (AvgIpc) is 3.05. The van der Waals surface area contributed by atoms with E-state index < -0.39 is 21.9 Å². The van der Waals surface area contributed by atoms with E-state index >= 15 is 0 Å². The summed E-state index contributed by atoms with van der Waals surface area (Å²) in [5.41, 5.74) is 1.16. The molecule has 1 aromatic heterocycles. The Morgan fingerprint density at radius 3 is 2.53 bits per heavy atom. The van der Waals surface area contributed by atoms with Crippen LogP contribution in [0.5, 0.6) is 5.75 Å². The molecule has 4 bridgehead atoms. The highest BCUT2D eigenvalue weighted by molar-refractivity contribution is 7.86. The van der Waals surface area contributed by atoms with Crippen LogP contribution in [-0.2, 0) is 10.1 Å². The fraction of sp³-hybridized carbons (Fsp3) is 0.652. The third-order valence-corrected chi connectivity index (χ3v) is 8.51. The summed E-state index contributed by atoms with van der Waals surface area (Å²) in [5, 5.41) is 23.1. The standard InChI is InChI=1S/C23H31ClN2O5S/c1-13(16-11-25-18-5-4-17(24)21(20(16)18)31-32(3,29)30)6-19(27)26-14-7-22(2)8-15(26)10-23(28,9-14)12-22/h4-5,11,13-15,19,25,27-28H,6-10,12H2,1-3H3. The second-order valence-electron chi connectivity index (χ2n) is 10.7. The molecule has 4 unspecified atom stereocenters. The zero-order chi connectivity index (χ0) is 23.1. The number of H-pyrrole nitrogens is 1. The first kappa shape index (κ1) is 22.5. The van der Waals surface area contributed by atoms with Crippen LogP contribution in [0.4, 0.5) is 0 Å². The van der Waals surface area contributed by atoms with E-state index in [0.29, 0.717) is 11.8 Å². The number of aromatic amines is 1. The number of fused-ring (bicyclic) bond motifs is 1. The van der Waals surface area contributed by atoms with E-state index in [1.165, 1.54) is 0 Å². The quantitative estimate of drug-likeness (QED) is 0.542. The number of halogens is 1. The van der Waals surface area contributed by atoms with E-state index in [2.05, 4.69) is 16.8 Å². The van der Waals surface area contributed by atoms with Gasteiger partial charge in [-0.15, -0.1) is 0 Å². The van der Waals surface area contributed by atoms with Gasteiger partial charge >= 0.3 is 10.1 Å². The molecule has 4 aliphatic rings. The van der Waals surface area contributed by atoms with Crippen LogP contribution in [0, 0.1) is 5.41 Å². The summed E-state index contributed by atoms with van der Waals surface area (Å²) in [6, 6.07) is 3.78. The number of piperidine rings is 2. The first-order valence-corrected chi connectivity index (χ1v) is 13.4. The van der Waals surface area contributed by atoms with Gasteiger partial charge < -0.3 is 19.4 Å². The molecule has 6 rings (SSSR count). The van der Waals surface area contributed by atoms with Crippen LogP contribution in [0.3, 0.4) is 0 Å². The third kappa shape index (κ3) is 3.84. The number of benzene rings is 1. The molecule has 2 aromatic rings. The van der Waals surface area contributed by atoms with Gasteiger partial charge in [0, 0.05) is 29.2 Å². The Morgan fingerprint density at radius 1 is 1.28 bits per heavy atom. The molecule has 3 heterocycles. The Morgan fingerprint density at radius 2 is 1.94 bits per heavy atom. The summed E-state index contributed by atoms with van der Waals surface area (Å²) >= 11 is 6.29. The first-order valence-electron chi connectivity index (χ1n) is 11.2. The molecule has 1 aromatic carbocycles. The van der Waals surface area contributed by atoms with Gasteiger partial charge in [-0.1, -0.05) is 25.4 Å². The predicted octanol–water partition coefficient (Wildman–Crippen LogP) is 3.74. The molecule has 7 nitrogen and oxygen atoms in total. The van der Waals surface area contributed by atoms with Crippen LogP contribution in [0.1, 0.15) is 63.9 Å². The topological polar surface area (TPSA) is 103 Å². The highest BCUT2D eigenvalue weighted by atomic mass is 35.5. The lowest BCUT2D eigenvalue weighted by molar-refractivity contribution is -0.221. The van der Waals surface area contributed by atoms with Crippen molar-refractivity contribution in [2.45, 2.75) is 82.2 Å². The molecule has 4 atom stereocenters. The molecular formula is C23H31ClN2O5S. The van der Waals surface area contributed by atoms with Crippen molar-refractivity contribution in [3.8, 4) is 5.75 Å². The van der Waals surface area contributed by atoms with Gasteiger partial charge in [-0.3, -0.25) is 4.90 Å². The molecule has 2 aliphatic carbocycles. The van der Waals surface area contributed by atoms with Crippen molar-refractivity contribution >= 4 is 32.6 Å². The third-order valence-electron chi connectivity index (χ3n) is 7.74. The lowest BCUT2D eigenvalue weighted by atomic mass is 9.54. The second kappa shape index (κ2) is 7.34. The van der Waals surface area contributed by atoms with Crippen molar-refractivity contribution in [2.24, 2.45) is 5.41 Å². The zero-order valence-electron chi connectivity index (χ0n) is 18.6. The number of aliphatic hydroxyl groups excluding tert-OH is 1. The lowest BCUT2D eigenvalue weighted by Crippen LogP contribution is -2.69. The molecule has 9 heteroatoms. The van der Waals surface area contributed by atoms with E-state index in [9.17, 15) is 18.6 Å². The highest BCUT2D eigenvalue weighted by Gasteiger charge is 2.59. The summed E-state index contributed by atoms with van der Waals surface area (Å²) < 4.78 is 28.9. The molecule has 2 saturated heterocycles. The smallest absolute Gasteiger partial charge is 0.306 e. The molecule has 2 saturated carbocycles. The minimum absolute atomic E-state index is 0.0741. The number of nitrogens with zero attached hydrogens (tertiary/aromatic N) is 1. The summed E-state index contributed by atoms with van der Waals surface area (Å²) in [6.07, 6.45) is 7.00. The van der Waals surface area contributed by atoms with E-state index in [0.717, 1.165) is 49.4 Å². The zero-order valence-corrected chi connectivity index (χ0v) is 20.2. The number of nitrogens with one attached hydrogen (secondary N) is 1. The van der Waals surface area contributed by atoms with Crippen LogP contribution >= 0.6 is 11.6 Å². The molecule has 0 spiro atoms. The van der Waals surface area contributed by atoms with Crippen molar-refractivity contribution in [3.05, 3.63) is 28.9 Å². The van der Waals surface area contributed by atoms with Gasteiger partial charge in [-0.2, -0.15) is 8.42 Å². The summed E-state index contributed by atoms with van der Waals surface area (Å²) in [4.78, 5) is 5.40. The maximum Gasteiger partial charge on any atom is 0.306 e. The molecule has 0 amide bonds. The fourth-order valence-electron chi connectivity index (χ4n) is 6.99. The lowest BCUT2D eigenvalue weighted by Gasteiger charge is -2.64. The maximum absolute atomic E-state index is 11.8. The second-order valence-corrected chi connectivity index (χ2v) is 12.7. The van der Waals surface area contributed by atoms with Crippen molar-refractivity contribution < 1.29 is 22.8 Å². The minimum Gasteiger partial charge on any atom is -0.390 e.